The summed E-state index contributed by atoms with van der Waals surface area (Å²) >= 11 is 12.1. The highest BCUT2D eigenvalue weighted by Gasteiger charge is 2.24. The molecular formula is C16H15Cl2N5. The Labute approximate surface area is 144 Å². The highest BCUT2D eigenvalue weighted by molar-refractivity contribution is 6.35. The molecule has 1 aliphatic rings. The molecule has 1 saturated heterocycles. The standard InChI is InChI=1S/C16H15Cl2N5/c17-13-2-1-12(15(18)5-13)9-20-14-3-4-23(10-14)16-21-7-11(6-19)8-22-16/h1-2,5,7-8,14,20H,3-4,9-10H2. The van der Waals surface area contributed by atoms with E-state index >= 15 is 0 Å². The van der Waals surface area contributed by atoms with Crippen molar-refractivity contribution in [2.45, 2.75) is 19.0 Å². The van der Waals surface area contributed by atoms with Crippen LogP contribution in [0.3, 0.4) is 0 Å². The van der Waals surface area contributed by atoms with Crippen LogP contribution in [0.2, 0.25) is 10.0 Å². The van der Waals surface area contributed by atoms with Gasteiger partial charge in [-0.3, -0.25) is 0 Å². The van der Waals surface area contributed by atoms with Gasteiger partial charge in [0.2, 0.25) is 5.95 Å². The Morgan fingerprint density at radius 1 is 1.30 bits per heavy atom. The molecule has 0 amide bonds. The van der Waals surface area contributed by atoms with Crippen LogP contribution in [0.25, 0.3) is 0 Å². The predicted octanol–water partition coefficient (Wildman–Crippen LogP) is 3.02. The molecule has 7 heteroatoms. The largest absolute Gasteiger partial charge is 0.339 e. The van der Waals surface area contributed by atoms with Crippen LogP contribution in [-0.2, 0) is 6.54 Å². The zero-order valence-corrected chi connectivity index (χ0v) is 13.8. The number of nitrogens with zero attached hydrogens (tertiary/aromatic N) is 4. The smallest absolute Gasteiger partial charge is 0.225 e. The lowest BCUT2D eigenvalue weighted by Gasteiger charge is -2.17. The highest BCUT2D eigenvalue weighted by Crippen LogP contribution is 2.22. The van der Waals surface area contributed by atoms with Gasteiger partial charge in [0.15, 0.2) is 0 Å². The van der Waals surface area contributed by atoms with Gasteiger partial charge >= 0.3 is 0 Å². The second-order valence-corrected chi connectivity index (χ2v) is 6.28. The molecule has 0 spiro atoms. The second kappa shape index (κ2) is 7.14. The molecule has 2 heterocycles. The van der Waals surface area contributed by atoms with Crippen molar-refractivity contribution in [3.8, 4) is 6.07 Å². The number of aromatic nitrogens is 2. The van der Waals surface area contributed by atoms with Crippen LogP contribution in [0, 0.1) is 11.3 Å². The Kier molecular flexibility index (Phi) is 4.97. The lowest BCUT2D eigenvalue weighted by Crippen LogP contribution is -2.32. The van der Waals surface area contributed by atoms with Crippen LogP contribution >= 0.6 is 23.2 Å². The fourth-order valence-electron chi connectivity index (χ4n) is 2.57. The third kappa shape index (κ3) is 3.91. The first kappa shape index (κ1) is 16.0. The molecule has 1 aromatic carbocycles. The molecule has 2 aromatic rings. The number of nitriles is 1. The van der Waals surface area contributed by atoms with Gasteiger partial charge in [0, 0.05) is 35.7 Å². The summed E-state index contributed by atoms with van der Waals surface area (Å²) < 4.78 is 0. The van der Waals surface area contributed by atoms with Crippen LogP contribution in [0.4, 0.5) is 5.95 Å². The molecule has 118 valence electrons. The van der Waals surface area contributed by atoms with E-state index in [4.69, 9.17) is 28.5 Å². The number of anilines is 1. The summed E-state index contributed by atoms with van der Waals surface area (Å²) in [5.41, 5.74) is 1.50. The molecule has 0 aliphatic carbocycles. The van der Waals surface area contributed by atoms with E-state index in [0.717, 1.165) is 25.1 Å². The quantitative estimate of drug-likeness (QED) is 0.920. The molecule has 1 aliphatic heterocycles. The maximum atomic E-state index is 8.78. The molecule has 0 saturated carbocycles. The SMILES string of the molecule is N#Cc1cnc(N2CCC(NCc3ccc(Cl)cc3Cl)C2)nc1. The van der Waals surface area contributed by atoms with Crippen LogP contribution in [-0.4, -0.2) is 29.1 Å². The maximum absolute atomic E-state index is 8.78. The molecule has 1 fully saturated rings. The third-order valence-corrected chi connectivity index (χ3v) is 4.42. The zero-order valence-electron chi connectivity index (χ0n) is 12.3. The van der Waals surface area contributed by atoms with E-state index in [9.17, 15) is 0 Å². The molecule has 0 bridgehead atoms. The minimum absolute atomic E-state index is 0.348. The predicted molar refractivity (Wildman–Crippen MR) is 90.7 cm³/mol. The third-order valence-electron chi connectivity index (χ3n) is 3.83. The first-order chi connectivity index (χ1) is 11.2. The van der Waals surface area contributed by atoms with Crippen molar-refractivity contribution in [3.05, 3.63) is 51.8 Å². The van der Waals surface area contributed by atoms with E-state index in [1.165, 1.54) is 0 Å². The van der Waals surface area contributed by atoms with E-state index in [-0.39, 0.29) is 0 Å². The molecule has 1 N–H and O–H groups in total. The summed E-state index contributed by atoms with van der Waals surface area (Å²) in [5.74, 6) is 0.665. The van der Waals surface area contributed by atoms with E-state index in [2.05, 4.69) is 20.2 Å². The van der Waals surface area contributed by atoms with Crippen LogP contribution in [0.1, 0.15) is 17.5 Å². The van der Waals surface area contributed by atoms with Crippen molar-refractivity contribution in [1.82, 2.24) is 15.3 Å². The number of benzene rings is 1. The van der Waals surface area contributed by atoms with Crippen molar-refractivity contribution in [2.75, 3.05) is 18.0 Å². The average Bonchev–Trinajstić information content (AvgIpc) is 3.03. The summed E-state index contributed by atoms with van der Waals surface area (Å²) in [6.45, 7) is 2.41. The van der Waals surface area contributed by atoms with E-state index < -0.39 is 0 Å². The van der Waals surface area contributed by atoms with Gasteiger partial charge in [-0.2, -0.15) is 5.26 Å². The van der Waals surface area contributed by atoms with Crippen molar-refractivity contribution in [1.29, 1.82) is 5.26 Å². The maximum Gasteiger partial charge on any atom is 0.225 e. The summed E-state index contributed by atoms with van der Waals surface area (Å²) in [7, 11) is 0. The topological polar surface area (TPSA) is 64.8 Å². The van der Waals surface area contributed by atoms with E-state index in [1.807, 2.05) is 18.2 Å². The van der Waals surface area contributed by atoms with Gasteiger partial charge < -0.3 is 10.2 Å². The van der Waals surface area contributed by atoms with Crippen LogP contribution < -0.4 is 10.2 Å². The Morgan fingerprint density at radius 2 is 2.09 bits per heavy atom. The summed E-state index contributed by atoms with van der Waals surface area (Å²) in [4.78, 5) is 10.6. The number of rotatable bonds is 4. The Bertz CT molecular complexity index is 726. The molecular weight excluding hydrogens is 333 g/mol. The van der Waals surface area contributed by atoms with Crippen LogP contribution in [0.5, 0.6) is 0 Å². The van der Waals surface area contributed by atoms with E-state index in [1.54, 1.807) is 18.5 Å². The van der Waals surface area contributed by atoms with Crippen molar-refractivity contribution >= 4 is 29.2 Å². The highest BCUT2D eigenvalue weighted by atomic mass is 35.5. The summed E-state index contributed by atoms with van der Waals surface area (Å²) in [5, 5.41) is 13.6. The molecule has 3 rings (SSSR count). The van der Waals surface area contributed by atoms with Gasteiger partial charge in [-0.1, -0.05) is 29.3 Å². The minimum atomic E-state index is 0.348. The first-order valence-electron chi connectivity index (χ1n) is 7.30. The number of nitrogens with one attached hydrogen (secondary N) is 1. The zero-order chi connectivity index (χ0) is 16.2. The van der Waals surface area contributed by atoms with Crippen molar-refractivity contribution in [3.63, 3.8) is 0 Å². The summed E-state index contributed by atoms with van der Waals surface area (Å²) in [6, 6.07) is 7.91. The lowest BCUT2D eigenvalue weighted by molar-refractivity contribution is 0.551. The fourth-order valence-corrected chi connectivity index (χ4v) is 3.05. The molecule has 5 nitrogen and oxygen atoms in total. The van der Waals surface area contributed by atoms with Gasteiger partial charge in [-0.05, 0) is 24.1 Å². The molecule has 1 aromatic heterocycles. The van der Waals surface area contributed by atoms with Gasteiger partial charge in [0.05, 0.1) is 18.0 Å². The number of hydrogen-bond acceptors (Lipinski definition) is 5. The minimum Gasteiger partial charge on any atom is -0.339 e. The first-order valence-corrected chi connectivity index (χ1v) is 8.05. The lowest BCUT2D eigenvalue weighted by atomic mass is 10.2. The van der Waals surface area contributed by atoms with Gasteiger partial charge in [0.1, 0.15) is 6.07 Å². The van der Waals surface area contributed by atoms with Crippen LogP contribution in [0.15, 0.2) is 30.6 Å². The summed E-state index contributed by atoms with van der Waals surface area (Å²) in [6.07, 6.45) is 4.11. The van der Waals surface area contributed by atoms with Crippen molar-refractivity contribution in [2.24, 2.45) is 0 Å². The van der Waals surface area contributed by atoms with Crippen molar-refractivity contribution < 1.29 is 0 Å². The van der Waals surface area contributed by atoms with E-state index in [0.29, 0.717) is 34.1 Å². The normalized spacial score (nSPS) is 17.3. The second-order valence-electron chi connectivity index (χ2n) is 5.43. The number of halogens is 2. The Morgan fingerprint density at radius 3 is 2.78 bits per heavy atom. The number of hydrogen-bond donors (Lipinski definition) is 1. The molecule has 1 atom stereocenters. The Hall–Kier alpha value is -1.87. The average molecular weight is 348 g/mol. The van der Waals surface area contributed by atoms with Gasteiger partial charge in [-0.25, -0.2) is 9.97 Å². The van der Waals surface area contributed by atoms with Gasteiger partial charge in [0.25, 0.3) is 0 Å². The molecule has 23 heavy (non-hydrogen) atoms. The molecule has 0 radical (unpaired) electrons. The van der Waals surface area contributed by atoms with Gasteiger partial charge in [-0.15, -0.1) is 0 Å². The fraction of sp³-hybridized carbons (Fsp3) is 0.312. The molecule has 1 unspecified atom stereocenters. The Balaban J connectivity index is 1.56. The monoisotopic (exact) mass is 347 g/mol.